The van der Waals surface area contributed by atoms with Crippen LogP contribution in [0.25, 0.3) is 16.2 Å². The predicted molar refractivity (Wildman–Crippen MR) is 140 cm³/mol. The second kappa shape index (κ2) is 9.33. The van der Waals surface area contributed by atoms with Crippen molar-refractivity contribution in [2.24, 2.45) is 0 Å². The number of benzene rings is 2. The molecule has 1 aliphatic rings. The zero-order valence-corrected chi connectivity index (χ0v) is 19.9. The van der Waals surface area contributed by atoms with Crippen molar-refractivity contribution < 1.29 is 14.3 Å². The standard InChI is InChI=1S/C26H22N6O3S/c27-20-3-1-2-4-21(20)31-25(33)16-5-7-17(8-6-16)30-26-29-12-23(36-26)22-11-28-24-10-9-18(13-32(22)24)35-19-14-34-15-19/h1-13,19H,14-15,27H2,(H,29,30)(H,31,33). The molecule has 2 aromatic carbocycles. The van der Waals surface area contributed by atoms with Crippen molar-refractivity contribution in [1.29, 1.82) is 0 Å². The van der Waals surface area contributed by atoms with Gasteiger partial charge in [0.15, 0.2) is 5.13 Å². The molecule has 180 valence electrons. The second-order valence-corrected chi connectivity index (χ2v) is 9.32. The molecule has 10 heteroatoms. The quantitative estimate of drug-likeness (QED) is 0.276. The number of hydrogen-bond acceptors (Lipinski definition) is 8. The molecule has 4 heterocycles. The maximum atomic E-state index is 12.6. The Labute approximate surface area is 210 Å². The molecule has 0 spiro atoms. The first-order valence-corrected chi connectivity index (χ1v) is 12.1. The SMILES string of the molecule is Nc1ccccc1NC(=O)c1ccc(Nc2ncc(-c3cnc4ccc(OC5COC5)cn34)s2)cc1. The van der Waals surface area contributed by atoms with Crippen molar-refractivity contribution in [1.82, 2.24) is 14.4 Å². The van der Waals surface area contributed by atoms with E-state index >= 15 is 0 Å². The van der Waals surface area contributed by atoms with Crippen LogP contribution in [0.4, 0.5) is 22.2 Å². The molecule has 36 heavy (non-hydrogen) atoms. The number of aromatic nitrogens is 3. The lowest BCUT2D eigenvalue weighted by atomic mass is 10.2. The van der Waals surface area contributed by atoms with E-state index < -0.39 is 0 Å². The summed E-state index contributed by atoms with van der Waals surface area (Å²) in [5, 5.41) is 6.86. The molecule has 1 saturated heterocycles. The van der Waals surface area contributed by atoms with Gasteiger partial charge in [-0.05, 0) is 48.5 Å². The van der Waals surface area contributed by atoms with E-state index in [4.69, 9.17) is 15.2 Å². The van der Waals surface area contributed by atoms with E-state index in [1.165, 1.54) is 11.3 Å². The molecule has 4 N–H and O–H groups in total. The molecular weight excluding hydrogens is 476 g/mol. The summed E-state index contributed by atoms with van der Waals surface area (Å²) in [5.41, 5.74) is 10.1. The number of fused-ring (bicyclic) bond motifs is 1. The van der Waals surface area contributed by atoms with E-state index in [1.807, 2.05) is 59.4 Å². The minimum atomic E-state index is -0.225. The first-order valence-electron chi connectivity index (χ1n) is 11.3. The largest absolute Gasteiger partial charge is 0.484 e. The Hall–Kier alpha value is -4.41. The van der Waals surface area contributed by atoms with Crippen molar-refractivity contribution in [2.45, 2.75) is 6.10 Å². The van der Waals surface area contributed by atoms with Gasteiger partial charge in [-0.1, -0.05) is 23.5 Å². The van der Waals surface area contributed by atoms with E-state index in [-0.39, 0.29) is 12.0 Å². The summed E-state index contributed by atoms with van der Waals surface area (Å²) < 4.78 is 13.1. The number of nitrogen functional groups attached to an aromatic ring is 1. The number of nitrogens with zero attached hydrogens (tertiary/aromatic N) is 3. The average Bonchev–Trinajstić information content (AvgIpc) is 3.50. The van der Waals surface area contributed by atoms with Gasteiger partial charge in [0.25, 0.3) is 5.91 Å². The number of rotatable bonds is 7. The van der Waals surface area contributed by atoms with E-state index in [9.17, 15) is 4.79 Å². The van der Waals surface area contributed by atoms with Crippen LogP contribution in [0.15, 0.2) is 79.3 Å². The molecule has 6 rings (SSSR count). The monoisotopic (exact) mass is 498 g/mol. The van der Waals surface area contributed by atoms with Crippen molar-refractivity contribution >= 4 is 45.1 Å². The van der Waals surface area contributed by atoms with Gasteiger partial charge in [0.2, 0.25) is 0 Å². The lowest BCUT2D eigenvalue weighted by Gasteiger charge is -2.26. The van der Waals surface area contributed by atoms with Gasteiger partial charge in [-0.15, -0.1) is 0 Å². The predicted octanol–water partition coefficient (Wildman–Crippen LogP) is 4.81. The Morgan fingerprint density at radius 1 is 1.06 bits per heavy atom. The van der Waals surface area contributed by atoms with Gasteiger partial charge in [-0.3, -0.25) is 9.20 Å². The van der Waals surface area contributed by atoms with Crippen LogP contribution in [0.5, 0.6) is 5.75 Å². The van der Waals surface area contributed by atoms with Crippen LogP contribution in [0.2, 0.25) is 0 Å². The zero-order chi connectivity index (χ0) is 24.5. The minimum Gasteiger partial charge on any atom is -0.484 e. The van der Waals surface area contributed by atoms with Crippen molar-refractivity contribution in [3.05, 3.63) is 84.8 Å². The average molecular weight is 499 g/mol. The maximum absolute atomic E-state index is 12.6. The molecule has 1 aliphatic heterocycles. The lowest BCUT2D eigenvalue weighted by molar-refractivity contribution is -0.0798. The number of ether oxygens (including phenoxy) is 2. The molecule has 0 saturated carbocycles. The number of pyridine rings is 1. The van der Waals surface area contributed by atoms with Crippen LogP contribution in [-0.4, -0.2) is 39.6 Å². The fourth-order valence-electron chi connectivity index (χ4n) is 3.77. The topological polar surface area (TPSA) is 116 Å². The van der Waals surface area contributed by atoms with Gasteiger partial charge in [-0.2, -0.15) is 0 Å². The van der Waals surface area contributed by atoms with Gasteiger partial charge in [0.1, 0.15) is 17.5 Å². The highest BCUT2D eigenvalue weighted by molar-refractivity contribution is 7.18. The first-order chi connectivity index (χ1) is 17.6. The number of carbonyl (C=O) groups excluding carboxylic acids is 1. The number of carbonyl (C=O) groups is 1. The number of nitrogens with two attached hydrogens (primary N) is 1. The van der Waals surface area contributed by atoms with Crippen LogP contribution in [0.3, 0.4) is 0 Å². The lowest BCUT2D eigenvalue weighted by Crippen LogP contribution is -2.38. The van der Waals surface area contributed by atoms with Gasteiger partial charge in [0, 0.05) is 17.4 Å². The molecule has 1 fully saturated rings. The molecule has 0 bridgehead atoms. The molecule has 0 unspecified atom stereocenters. The molecule has 0 aliphatic carbocycles. The van der Waals surface area contributed by atoms with E-state index in [1.54, 1.807) is 24.3 Å². The summed E-state index contributed by atoms with van der Waals surface area (Å²) in [4.78, 5) is 22.5. The van der Waals surface area contributed by atoms with Crippen LogP contribution in [0.1, 0.15) is 10.4 Å². The van der Waals surface area contributed by atoms with Crippen LogP contribution >= 0.6 is 11.3 Å². The third-order valence-corrected chi connectivity index (χ3v) is 6.69. The second-order valence-electron chi connectivity index (χ2n) is 8.29. The highest BCUT2D eigenvalue weighted by atomic mass is 32.1. The zero-order valence-electron chi connectivity index (χ0n) is 19.0. The fourth-order valence-corrected chi connectivity index (χ4v) is 4.62. The van der Waals surface area contributed by atoms with Crippen LogP contribution in [0, 0.1) is 0 Å². The number of thiazole rings is 1. The summed E-state index contributed by atoms with van der Waals surface area (Å²) in [6, 6.07) is 18.2. The van der Waals surface area contributed by atoms with Crippen molar-refractivity contribution in [3.63, 3.8) is 0 Å². The Morgan fingerprint density at radius 2 is 1.89 bits per heavy atom. The van der Waals surface area contributed by atoms with E-state index in [0.29, 0.717) is 30.2 Å². The van der Waals surface area contributed by atoms with Gasteiger partial charge >= 0.3 is 0 Å². The fraction of sp³-hybridized carbons (Fsp3) is 0.115. The molecule has 3 aromatic heterocycles. The van der Waals surface area contributed by atoms with Crippen molar-refractivity contribution in [3.8, 4) is 16.3 Å². The smallest absolute Gasteiger partial charge is 0.255 e. The summed E-state index contributed by atoms with van der Waals surface area (Å²) in [6.45, 7) is 1.23. The molecule has 0 atom stereocenters. The van der Waals surface area contributed by atoms with Gasteiger partial charge in [0.05, 0.1) is 47.6 Å². The Kier molecular flexibility index (Phi) is 5.72. The summed E-state index contributed by atoms with van der Waals surface area (Å²) >= 11 is 1.51. The minimum absolute atomic E-state index is 0.0996. The molecule has 0 radical (unpaired) electrons. The van der Waals surface area contributed by atoms with Crippen LogP contribution in [-0.2, 0) is 4.74 Å². The number of imidazole rings is 1. The number of anilines is 4. The van der Waals surface area contributed by atoms with Gasteiger partial charge in [-0.25, -0.2) is 9.97 Å². The van der Waals surface area contributed by atoms with E-state index in [0.717, 1.165) is 32.8 Å². The Bertz CT molecular complexity index is 1540. The third kappa shape index (κ3) is 4.47. The number of hydrogen-bond donors (Lipinski definition) is 3. The molecule has 1 amide bonds. The Morgan fingerprint density at radius 3 is 2.67 bits per heavy atom. The normalized spacial score (nSPS) is 13.3. The molecule has 5 aromatic rings. The number of amides is 1. The Balaban J connectivity index is 1.15. The summed E-state index contributed by atoms with van der Waals surface area (Å²) in [7, 11) is 0. The highest BCUT2D eigenvalue weighted by Gasteiger charge is 2.20. The number of para-hydroxylation sites is 2. The van der Waals surface area contributed by atoms with Crippen LogP contribution < -0.4 is 21.1 Å². The summed E-state index contributed by atoms with van der Waals surface area (Å²) in [5.74, 6) is 0.550. The maximum Gasteiger partial charge on any atom is 0.255 e. The summed E-state index contributed by atoms with van der Waals surface area (Å²) in [6.07, 6.45) is 5.68. The third-order valence-electron chi connectivity index (χ3n) is 5.75. The highest BCUT2D eigenvalue weighted by Crippen LogP contribution is 2.32. The van der Waals surface area contributed by atoms with E-state index in [2.05, 4.69) is 20.6 Å². The molecular formula is C26H22N6O3S. The van der Waals surface area contributed by atoms with Crippen molar-refractivity contribution in [2.75, 3.05) is 29.6 Å². The first kappa shape index (κ1) is 22.1. The molecule has 9 nitrogen and oxygen atoms in total. The number of nitrogens with one attached hydrogen (secondary N) is 2. The van der Waals surface area contributed by atoms with Gasteiger partial charge < -0.3 is 25.8 Å².